The summed E-state index contributed by atoms with van der Waals surface area (Å²) < 4.78 is 11.8. The molecule has 152 valence electrons. The molecule has 4 nitrogen and oxygen atoms in total. The molecule has 3 rings (SSSR count). The van der Waals surface area contributed by atoms with Crippen LogP contribution in [0.4, 0.5) is 0 Å². The Kier molecular flexibility index (Phi) is 7.55. The topological polar surface area (TPSA) is 44.2 Å². The first kappa shape index (κ1) is 20.9. The van der Waals surface area contributed by atoms with Crippen LogP contribution in [-0.4, -0.2) is 23.2 Å². The lowest BCUT2D eigenvalue weighted by Crippen LogP contribution is -2.08. The maximum atomic E-state index is 6.60. The van der Waals surface area contributed by atoms with Gasteiger partial charge in [-0.2, -0.15) is 0 Å². The number of benzene rings is 1. The molecule has 1 aromatic carbocycles. The molecule has 0 bridgehead atoms. The zero-order valence-corrected chi connectivity index (χ0v) is 18.0. The van der Waals surface area contributed by atoms with Crippen molar-refractivity contribution in [3.63, 3.8) is 0 Å². The number of hydrogen-bond donors (Lipinski definition) is 0. The molecule has 0 radical (unpaired) electrons. The molecule has 0 saturated heterocycles. The van der Waals surface area contributed by atoms with E-state index >= 15 is 0 Å². The van der Waals surface area contributed by atoms with Crippen LogP contribution in [0.5, 0.6) is 11.6 Å². The standard InChI is InChI=1S/C23H31ClN2O2/c1-4-7-8-13-27-23-21(6-3)25-22(20(5-2)26-23)18-12-11-17(14-19(18)24)28-15-16-9-10-16/h11-12,14,16H,4-10,13,15H2,1-3H3. The van der Waals surface area contributed by atoms with Crippen LogP contribution in [0.2, 0.25) is 5.02 Å². The van der Waals surface area contributed by atoms with Crippen LogP contribution >= 0.6 is 11.6 Å². The summed E-state index contributed by atoms with van der Waals surface area (Å²) in [5, 5.41) is 0.649. The summed E-state index contributed by atoms with van der Waals surface area (Å²) in [7, 11) is 0. The molecule has 2 aromatic rings. The van der Waals surface area contributed by atoms with Crippen LogP contribution in [-0.2, 0) is 12.8 Å². The van der Waals surface area contributed by atoms with Crippen molar-refractivity contribution in [1.29, 1.82) is 0 Å². The number of unbranched alkanes of at least 4 members (excludes halogenated alkanes) is 2. The van der Waals surface area contributed by atoms with Gasteiger partial charge in [0.2, 0.25) is 5.88 Å². The fraction of sp³-hybridized carbons (Fsp3) is 0.565. The monoisotopic (exact) mass is 402 g/mol. The van der Waals surface area contributed by atoms with Gasteiger partial charge in [0.25, 0.3) is 0 Å². The highest BCUT2D eigenvalue weighted by Gasteiger charge is 2.22. The Morgan fingerprint density at radius 3 is 2.43 bits per heavy atom. The van der Waals surface area contributed by atoms with Gasteiger partial charge >= 0.3 is 0 Å². The highest BCUT2D eigenvalue weighted by molar-refractivity contribution is 6.33. The summed E-state index contributed by atoms with van der Waals surface area (Å²) in [5.74, 6) is 2.20. The molecule has 5 heteroatoms. The predicted octanol–water partition coefficient (Wildman–Crippen LogP) is 6.28. The van der Waals surface area contributed by atoms with Gasteiger partial charge < -0.3 is 9.47 Å². The molecule has 0 spiro atoms. The average Bonchev–Trinajstić information content (AvgIpc) is 3.54. The molecule has 0 amide bonds. The summed E-state index contributed by atoms with van der Waals surface area (Å²) >= 11 is 6.60. The lowest BCUT2D eigenvalue weighted by Gasteiger charge is -2.15. The highest BCUT2D eigenvalue weighted by Crippen LogP contribution is 2.35. The largest absolute Gasteiger partial charge is 0.493 e. The third-order valence-corrected chi connectivity index (χ3v) is 5.35. The number of nitrogens with zero attached hydrogens (tertiary/aromatic N) is 2. The van der Waals surface area contributed by atoms with E-state index in [1.807, 2.05) is 18.2 Å². The molecular weight excluding hydrogens is 372 g/mol. The fourth-order valence-electron chi connectivity index (χ4n) is 3.09. The molecule has 0 aliphatic heterocycles. The Balaban J connectivity index is 1.83. The lowest BCUT2D eigenvalue weighted by atomic mass is 10.1. The van der Waals surface area contributed by atoms with Crippen LogP contribution in [0.25, 0.3) is 11.3 Å². The molecule has 0 atom stereocenters. The second kappa shape index (κ2) is 10.1. The minimum Gasteiger partial charge on any atom is -0.493 e. The second-order valence-corrected chi connectivity index (χ2v) is 7.84. The molecule has 1 fully saturated rings. The number of aromatic nitrogens is 2. The summed E-state index contributed by atoms with van der Waals surface area (Å²) in [6.07, 6.45) is 7.47. The van der Waals surface area contributed by atoms with Gasteiger partial charge in [0.1, 0.15) is 11.4 Å². The molecule has 1 aliphatic rings. The van der Waals surface area contributed by atoms with Crippen molar-refractivity contribution >= 4 is 11.6 Å². The Labute approximate surface area is 173 Å². The molecule has 1 aromatic heterocycles. The first-order valence-electron chi connectivity index (χ1n) is 10.6. The third kappa shape index (κ3) is 5.38. The van der Waals surface area contributed by atoms with E-state index in [0.29, 0.717) is 23.4 Å². The first-order chi connectivity index (χ1) is 13.7. The smallest absolute Gasteiger partial charge is 0.235 e. The zero-order valence-electron chi connectivity index (χ0n) is 17.3. The first-order valence-corrected chi connectivity index (χ1v) is 11.0. The van der Waals surface area contributed by atoms with E-state index in [1.54, 1.807) is 0 Å². The maximum Gasteiger partial charge on any atom is 0.235 e. The Morgan fingerprint density at radius 2 is 1.79 bits per heavy atom. The number of ether oxygens (including phenoxy) is 2. The Bertz CT molecular complexity index is 790. The van der Waals surface area contributed by atoms with Crippen LogP contribution in [0.3, 0.4) is 0 Å². The number of aryl methyl sites for hydroxylation is 2. The van der Waals surface area contributed by atoms with Crippen molar-refractivity contribution in [2.75, 3.05) is 13.2 Å². The molecule has 28 heavy (non-hydrogen) atoms. The van der Waals surface area contributed by atoms with Crippen molar-refractivity contribution < 1.29 is 9.47 Å². The van der Waals surface area contributed by atoms with Crippen LogP contribution < -0.4 is 9.47 Å². The maximum absolute atomic E-state index is 6.60. The highest BCUT2D eigenvalue weighted by atomic mass is 35.5. The van der Waals surface area contributed by atoms with Crippen molar-refractivity contribution in [2.24, 2.45) is 5.92 Å². The van der Waals surface area contributed by atoms with Gasteiger partial charge in [-0.05, 0) is 56.2 Å². The lowest BCUT2D eigenvalue weighted by molar-refractivity contribution is 0.289. The number of rotatable bonds is 11. The van der Waals surface area contributed by atoms with Crippen LogP contribution in [0, 0.1) is 5.92 Å². The summed E-state index contributed by atoms with van der Waals surface area (Å²) in [4.78, 5) is 9.69. The van der Waals surface area contributed by atoms with E-state index in [0.717, 1.165) is 54.3 Å². The number of hydrogen-bond acceptors (Lipinski definition) is 4. The molecule has 0 N–H and O–H groups in total. The van der Waals surface area contributed by atoms with E-state index in [1.165, 1.54) is 25.7 Å². The Hall–Kier alpha value is -1.81. The van der Waals surface area contributed by atoms with Crippen LogP contribution in [0.1, 0.15) is 64.3 Å². The molecular formula is C23H31ClN2O2. The van der Waals surface area contributed by atoms with Gasteiger partial charge in [0, 0.05) is 5.56 Å². The minimum absolute atomic E-state index is 0.649. The second-order valence-electron chi connectivity index (χ2n) is 7.43. The van der Waals surface area contributed by atoms with Gasteiger partial charge in [0.05, 0.1) is 29.6 Å². The molecule has 1 heterocycles. The summed E-state index contributed by atoms with van der Waals surface area (Å²) in [5.41, 5.74) is 3.54. The van der Waals surface area contributed by atoms with Crippen molar-refractivity contribution in [3.05, 3.63) is 34.6 Å². The predicted molar refractivity (Wildman–Crippen MR) is 114 cm³/mol. The molecule has 1 aliphatic carbocycles. The van der Waals surface area contributed by atoms with E-state index in [9.17, 15) is 0 Å². The number of halogens is 1. The third-order valence-electron chi connectivity index (χ3n) is 5.04. The molecule has 0 unspecified atom stereocenters. The van der Waals surface area contributed by atoms with Crippen molar-refractivity contribution in [1.82, 2.24) is 9.97 Å². The normalized spacial score (nSPS) is 13.6. The quantitative estimate of drug-likeness (QED) is 0.415. The van der Waals surface area contributed by atoms with Gasteiger partial charge in [-0.25, -0.2) is 9.97 Å². The molecule has 1 saturated carbocycles. The minimum atomic E-state index is 0.649. The zero-order chi connectivity index (χ0) is 19.9. The summed E-state index contributed by atoms with van der Waals surface area (Å²) in [6.45, 7) is 7.81. The van der Waals surface area contributed by atoms with Crippen molar-refractivity contribution in [2.45, 2.75) is 65.7 Å². The van der Waals surface area contributed by atoms with E-state index in [-0.39, 0.29) is 0 Å². The van der Waals surface area contributed by atoms with Gasteiger partial charge in [-0.1, -0.05) is 45.2 Å². The Morgan fingerprint density at radius 1 is 1.00 bits per heavy atom. The summed E-state index contributed by atoms with van der Waals surface area (Å²) in [6, 6.07) is 5.86. The van der Waals surface area contributed by atoms with E-state index < -0.39 is 0 Å². The van der Waals surface area contributed by atoms with E-state index in [2.05, 4.69) is 20.8 Å². The van der Waals surface area contributed by atoms with Gasteiger partial charge in [-0.3, -0.25) is 0 Å². The van der Waals surface area contributed by atoms with Crippen LogP contribution in [0.15, 0.2) is 18.2 Å². The van der Waals surface area contributed by atoms with Gasteiger partial charge in [-0.15, -0.1) is 0 Å². The SMILES string of the molecule is CCCCCOc1nc(CC)c(-c2ccc(OCC3CC3)cc2Cl)nc1CC. The van der Waals surface area contributed by atoms with E-state index in [4.69, 9.17) is 31.0 Å². The van der Waals surface area contributed by atoms with Crippen molar-refractivity contribution in [3.8, 4) is 22.9 Å². The fourth-order valence-corrected chi connectivity index (χ4v) is 3.35. The average molecular weight is 403 g/mol. The van der Waals surface area contributed by atoms with Gasteiger partial charge in [0.15, 0.2) is 0 Å².